The summed E-state index contributed by atoms with van der Waals surface area (Å²) in [5.41, 5.74) is 8.66. The number of hydrogen-bond donors (Lipinski definition) is 2. The average Bonchev–Trinajstić information content (AvgIpc) is 2.88. The molecular weight excluding hydrogens is 246 g/mol. The highest BCUT2D eigenvalue weighted by Crippen LogP contribution is 2.39. The average molecular weight is 275 g/mol. The van der Waals surface area contributed by atoms with Gasteiger partial charge in [0.25, 0.3) is 0 Å². The Kier molecular flexibility index (Phi) is 5.62. The summed E-state index contributed by atoms with van der Waals surface area (Å²) in [6.07, 6.45) is 9.44. The Bertz CT molecular complexity index is 400. The van der Waals surface area contributed by atoms with E-state index in [0.717, 1.165) is 19.3 Å². The predicted molar refractivity (Wildman–Crippen MR) is 84.9 cm³/mol. The summed E-state index contributed by atoms with van der Waals surface area (Å²) in [5, 5.41) is 9.35. The highest BCUT2D eigenvalue weighted by Gasteiger charge is 2.35. The zero-order valence-corrected chi connectivity index (χ0v) is 12.8. The Labute approximate surface area is 123 Å². The molecule has 2 heteroatoms. The Balaban J connectivity index is 1.86. The van der Waals surface area contributed by atoms with Gasteiger partial charge in [0, 0.05) is 5.54 Å². The van der Waals surface area contributed by atoms with Crippen LogP contribution >= 0.6 is 0 Å². The number of nitrogens with two attached hydrogens (primary N) is 1. The van der Waals surface area contributed by atoms with Gasteiger partial charge in [-0.1, -0.05) is 50.5 Å². The van der Waals surface area contributed by atoms with Crippen molar-refractivity contribution in [3.8, 4) is 0 Å². The van der Waals surface area contributed by atoms with E-state index in [9.17, 15) is 5.11 Å². The summed E-state index contributed by atoms with van der Waals surface area (Å²) < 4.78 is 0. The van der Waals surface area contributed by atoms with Gasteiger partial charge in [-0.2, -0.15) is 0 Å². The van der Waals surface area contributed by atoms with Crippen molar-refractivity contribution in [2.45, 2.75) is 69.7 Å². The fourth-order valence-electron chi connectivity index (χ4n) is 3.30. The standard InChI is InChI=1S/C18H29NO/c1-2-3-4-5-6-15-7-9-16(10-8-15)17-11-12-18(19,13-17)14-20/h7-10,17,20H,2-6,11-14,19H2,1H3/t17-,18+/m0/s1. The number of aliphatic hydroxyl groups is 1. The molecule has 112 valence electrons. The Morgan fingerprint density at radius 2 is 1.95 bits per heavy atom. The SMILES string of the molecule is CCCCCCc1ccc([C@H]2CC[C@](N)(CO)C2)cc1. The van der Waals surface area contributed by atoms with Crippen LogP contribution < -0.4 is 5.73 Å². The van der Waals surface area contributed by atoms with Crippen LogP contribution in [0.1, 0.15) is 68.9 Å². The molecule has 0 bridgehead atoms. The summed E-state index contributed by atoms with van der Waals surface area (Å²) >= 11 is 0. The van der Waals surface area contributed by atoms with Crippen molar-refractivity contribution in [3.05, 3.63) is 35.4 Å². The van der Waals surface area contributed by atoms with Crippen molar-refractivity contribution < 1.29 is 5.11 Å². The van der Waals surface area contributed by atoms with Gasteiger partial charge < -0.3 is 10.8 Å². The predicted octanol–water partition coefficient (Wildman–Crippen LogP) is 3.77. The number of rotatable bonds is 7. The van der Waals surface area contributed by atoms with Gasteiger partial charge in [0.15, 0.2) is 0 Å². The molecule has 0 saturated heterocycles. The van der Waals surface area contributed by atoms with Gasteiger partial charge in [-0.15, -0.1) is 0 Å². The molecule has 0 amide bonds. The first-order chi connectivity index (χ1) is 9.67. The first-order valence-electron chi connectivity index (χ1n) is 8.15. The molecule has 1 aliphatic rings. The molecule has 0 spiro atoms. The van der Waals surface area contributed by atoms with E-state index in [1.807, 2.05) is 0 Å². The van der Waals surface area contributed by atoms with Gasteiger partial charge in [0.2, 0.25) is 0 Å². The van der Waals surface area contributed by atoms with E-state index in [1.165, 1.54) is 43.2 Å². The number of unbranched alkanes of at least 4 members (excludes halogenated alkanes) is 3. The van der Waals surface area contributed by atoms with Gasteiger partial charge in [-0.3, -0.25) is 0 Å². The maximum Gasteiger partial charge on any atom is 0.0611 e. The van der Waals surface area contributed by atoms with Crippen LogP contribution in [0.15, 0.2) is 24.3 Å². The lowest BCUT2D eigenvalue weighted by atomic mass is 9.92. The molecule has 3 N–H and O–H groups in total. The molecule has 1 saturated carbocycles. The first kappa shape index (κ1) is 15.5. The molecule has 1 aromatic rings. The highest BCUT2D eigenvalue weighted by atomic mass is 16.3. The van der Waals surface area contributed by atoms with E-state index in [2.05, 4.69) is 31.2 Å². The summed E-state index contributed by atoms with van der Waals surface area (Å²) in [6, 6.07) is 9.08. The molecule has 2 rings (SSSR count). The van der Waals surface area contributed by atoms with Crippen molar-refractivity contribution >= 4 is 0 Å². The van der Waals surface area contributed by atoms with Crippen molar-refractivity contribution in [1.29, 1.82) is 0 Å². The Hall–Kier alpha value is -0.860. The maximum absolute atomic E-state index is 9.35. The lowest BCUT2D eigenvalue weighted by molar-refractivity contribution is 0.198. The largest absolute Gasteiger partial charge is 0.394 e. The highest BCUT2D eigenvalue weighted by molar-refractivity contribution is 5.27. The van der Waals surface area contributed by atoms with Crippen LogP contribution in [0.5, 0.6) is 0 Å². The fourth-order valence-corrected chi connectivity index (χ4v) is 3.30. The van der Waals surface area contributed by atoms with Gasteiger partial charge >= 0.3 is 0 Å². The molecular formula is C18H29NO. The van der Waals surface area contributed by atoms with Crippen LogP contribution in [-0.4, -0.2) is 17.3 Å². The van der Waals surface area contributed by atoms with Gasteiger partial charge in [-0.25, -0.2) is 0 Å². The van der Waals surface area contributed by atoms with E-state index in [-0.39, 0.29) is 12.1 Å². The topological polar surface area (TPSA) is 46.2 Å². The molecule has 1 aliphatic carbocycles. The van der Waals surface area contributed by atoms with Crippen LogP contribution in [0.2, 0.25) is 0 Å². The van der Waals surface area contributed by atoms with Crippen LogP contribution in [0, 0.1) is 0 Å². The molecule has 0 aliphatic heterocycles. The molecule has 1 fully saturated rings. The summed E-state index contributed by atoms with van der Waals surface area (Å²) in [4.78, 5) is 0. The molecule has 0 radical (unpaired) electrons. The summed E-state index contributed by atoms with van der Waals surface area (Å²) in [6.45, 7) is 2.36. The number of aliphatic hydroxyl groups excluding tert-OH is 1. The Morgan fingerprint density at radius 3 is 2.55 bits per heavy atom. The number of aryl methyl sites for hydroxylation is 1. The molecule has 2 atom stereocenters. The number of hydrogen-bond acceptors (Lipinski definition) is 2. The van der Waals surface area contributed by atoms with Crippen LogP contribution in [0.25, 0.3) is 0 Å². The lowest BCUT2D eigenvalue weighted by Gasteiger charge is -2.21. The van der Waals surface area contributed by atoms with Crippen LogP contribution in [0.3, 0.4) is 0 Å². The van der Waals surface area contributed by atoms with Crippen LogP contribution in [-0.2, 0) is 6.42 Å². The summed E-state index contributed by atoms with van der Waals surface area (Å²) in [7, 11) is 0. The quantitative estimate of drug-likeness (QED) is 0.744. The van der Waals surface area contributed by atoms with E-state index in [4.69, 9.17) is 5.73 Å². The van der Waals surface area contributed by atoms with Crippen molar-refractivity contribution in [2.75, 3.05) is 6.61 Å². The zero-order valence-electron chi connectivity index (χ0n) is 12.8. The minimum Gasteiger partial charge on any atom is -0.394 e. The molecule has 0 aromatic heterocycles. The third-order valence-corrected chi connectivity index (χ3v) is 4.73. The van der Waals surface area contributed by atoms with Gasteiger partial charge in [0.1, 0.15) is 0 Å². The summed E-state index contributed by atoms with van der Waals surface area (Å²) in [5.74, 6) is 0.529. The monoisotopic (exact) mass is 275 g/mol. The minimum absolute atomic E-state index is 0.110. The van der Waals surface area contributed by atoms with E-state index >= 15 is 0 Å². The second kappa shape index (κ2) is 7.24. The Morgan fingerprint density at radius 1 is 1.20 bits per heavy atom. The lowest BCUT2D eigenvalue weighted by Crippen LogP contribution is -2.40. The maximum atomic E-state index is 9.35. The smallest absolute Gasteiger partial charge is 0.0611 e. The van der Waals surface area contributed by atoms with Gasteiger partial charge in [-0.05, 0) is 49.1 Å². The first-order valence-corrected chi connectivity index (χ1v) is 8.15. The second-order valence-electron chi connectivity index (χ2n) is 6.51. The van der Waals surface area contributed by atoms with E-state index in [1.54, 1.807) is 0 Å². The molecule has 20 heavy (non-hydrogen) atoms. The van der Waals surface area contributed by atoms with Crippen LogP contribution in [0.4, 0.5) is 0 Å². The molecule has 1 aromatic carbocycles. The molecule has 0 heterocycles. The zero-order chi connectivity index (χ0) is 14.4. The van der Waals surface area contributed by atoms with E-state index in [0.29, 0.717) is 5.92 Å². The fraction of sp³-hybridized carbons (Fsp3) is 0.667. The normalized spacial score (nSPS) is 26.1. The van der Waals surface area contributed by atoms with Crippen molar-refractivity contribution in [2.24, 2.45) is 5.73 Å². The second-order valence-corrected chi connectivity index (χ2v) is 6.51. The third kappa shape index (κ3) is 4.07. The molecule has 0 unspecified atom stereocenters. The number of benzene rings is 1. The van der Waals surface area contributed by atoms with E-state index < -0.39 is 0 Å². The third-order valence-electron chi connectivity index (χ3n) is 4.73. The van der Waals surface area contributed by atoms with Crippen molar-refractivity contribution in [3.63, 3.8) is 0 Å². The molecule has 2 nitrogen and oxygen atoms in total. The minimum atomic E-state index is -0.344. The van der Waals surface area contributed by atoms with Crippen molar-refractivity contribution in [1.82, 2.24) is 0 Å². The van der Waals surface area contributed by atoms with Gasteiger partial charge in [0.05, 0.1) is 6.61 Å².